The lowest BCUT2D eigenvalue weighted by Gasteiger charge is -2.39. The molecule has 0 aromatic heterocycles. The molecule has 232 valence electrons. The van der Waals surface area contributed by atoms with Crippen molar-refractivity contribution in [3.8, 4) is 0 Å². The third-order valence-electron chi connectivity index (χ3n) is 7.85. The zero-order valence-electron chi connectivity index (χ0n) is 23.3. The quantitative estimate of drug-likeness (QED) is 0.287. The van der Waals surface area contributed by atoms with E-state index in [1.807, 2.05) is 12.1 Å². The van der Waals surface area contributed by atoms with E-state index in [4.69, 9.17) is 77.0 Å². The molecule has 43 heavy (non-hydrogen) atoms. The Morgan fingerprint density at radius 3 is 2.09 bits per heavy atom. The molecule has 0 saturated carbocycles. The Balaban J connectivity index is 0.000000197. The maximum Gasteiger partial charge on any atom is 0.303 e. The number of carboxylic acid groups (broad SMARTS) is 1. The first-order valence-corrected chi connectivity index (χ1v) is 15.3. The number of ether oxygens (including phenoxy) is 4. The van der Waals surface area contributed by atoms with Crippen LogP contribution in [-0.4, -0.2) is 62.5 Å². The Bertz CT molecular complexity index is 1330. The van der Waals surface area contributed by atoms with Crippen molar-refractivity contribution in [3.63, 3.8) is 0 Å². The summed E-state index contributed by atoms with van der Waals surface area (Å²) in [7, 11) is 0. The second-order valence-corrected chi connectivity index (χ2v) is 12.2. The molecule has 13 heteroatoms. The lowest BCUT2D eigenvalue weighted by atomic mass is 9.72. The second-order valence-electron chi connectivity index (χ2n) is 10.6. The molecule has 0 aliphatic carbocycles. The van der Waals surface area contributed by atoms with E-state index in [0.717, 1.165) is 12.0 Å². The normalized spacial score (nSPS) is 22.3. The molecule has 5 rings (SSSR count). The van der Waals surface area contributed by atoms with Crippen molar-refractivity contribution in [1.82, 2.24) is 5.32 Å². The standard InChI is InChI=1S/C15H15Cl2NO4.C15H17Cl2NO3/c1-18-15(5-4-13(19)20,9-14-21-6-7-22-14)10-2-3-11(16)12(17)8-10;16-11-2-1-10(7-12(11)17)15(4-3-13(19)18-9-15)8-14-20-5-6-21-14/h2-3,8,14H,4-7,9H2,(H,19,20);1-2,7,14H,3-6,8-9H2,(H,18,19)/t2*15-/m01/s1. The average molecular weight is 674 g/mol. The molecule has 0 unspecified atom stereocenters. The highest BCUT2D eigenvalue weighted by atomic mass is 35.5. The van der Waals surface area contributed by atoms with E-state index < -0.39 is 17.8 Å². The van der Waals surface area contributed by atoms with Crippen LogP contribution in [0.5, 0.6) is 0 Å². The van der Waals surface area contributed by atoms with Gasteiger partial charge in [0.15, 0.2) is 12.6 Å². The SMILES string of the molecule is O=C1CC[C@](CC2OCCO2)(c2ccc(Cl)c(Cl)c2)CN1.[C-]#[N+][C@@](CCC(=O)O)(CC1OCCO1)c1ccc(Cl)c(Cl)c1. The first-order chi connectivity index (χ1) is 20.6. The molecular formula is C30H32Cl4N2O7. The number of halogens is 4. The molecule has 1 amide bonds. The van der Waals surface area contributed by atoms with Gasteiger partial charge in [0.25, 0.3) is 5.54 Å². The minimum Gasteiger partial charge on any atom is -0.481 e. The van der Waals surface area contributed by atoms with Crippen LogP contribution >= 0.6 is 46.4 Å². The van der Waals surface area contributed by atoms with Gasteiger partial charge in [0.05, 0.1) is 59.4 Å². The number of carbonyl (C=O) groups excluding carboxylic acids is 1. The van der Waals surface area contributed by atoms with Gasteiger partial charge in [0.1, 0.15) is 0 Å². The number of carbonyl (C=O) groups is 2. The van der Waals surface area contributed by atoms with Gasteiger partial charge in [-0.1, -0.05) is 52.5 Å². The van der Waals surface area contributed by atoms with E-state index in [9.17, 15) is 9.59 Å². The van der Waals surface area contributed by atoms with Crippen molar-refractivity contribution >= 4 is 58.3 Å². The van der Waals surface area contributed by atoms with Gasteiger partial charge in [-0.15, -0.1) is 0 Å². The van der Waals surface area contributed by atoms with Crippen molar-refractivity contribution < 1.29 is 33.6 Å². The van der Waals surface area contributed by atoms with Crippen molar-refractivity contribution in [3.05, 3.63) is 79.0 Å². The summed E-state index contributed by atoms with van der Waals surface area (Å²) in [6.07, 6.45) is 1.47. The number of benzene rings is 2. The molecule has 0 bridgehead atoms. The van der Waals surface area contributed by atoms with E-state index in [0.29, 0.717) is 71.5 Å². The summed E-state index contributed by atoms with van der Waals surface area (Å²) in [6.45, 7) is 10.4. The number of carboxylic acids is 1. The Morgan fingerprint density at radius 2 is 1.56 bits per heavy atom. The Labute approximate surface area is 270 Å². The first kappa shape index (κ1) is 33.8. The van der Waals surface area contributed by atoms with Crippen LogP contribution < -0.4 is 5.32 Å². The van der Waals surface area contributed by atoms with Gasteiger partial charge >= 0.3 is 5.97 Å². The summed E-state index contributed by atoms with van der Waals surface area (Å²) < 4.78 is 22.0. The van der Waals surface area contributed by atoms with E-state index in [1.54, 1.807) is 24.3 Å². The monoisotopic (exact) mass is 672 g/mol. The zero-order valence-corrected chi connectivity index (χ0v) is 26.3. The number of piperidine rings is 1. The van der Waals surface area contributed by atoms with Gasteiger partial charge in [-0.05, 0) is 42.3 Å². The molecule has 3 aliphatic heterocycles. The molecule has 0 spiro atoms. The van der Waals surface area contributed by atoms with Crippen LogP contribution in [0.4, 0.5) is 0 Å². The third kappa shape index (κ3) is 8.74. The molecule has 2 aromatic rings. The number of hydrogen-bond donors (Lipinski definition) is 2. The topological polar surface area (TPSA) is 108 Å². The molecule has 3 fully saturated rings. The molecule has 3 saturated heterocycles. The van der Waals surface area contributed by atoms with E-state index in [2.05, 4.69) is 10.2 Å². The fraction of sp³-hybridized carbons (Fsp3) is 0.500. The smallest absolute Gasteiger partial charge is 0.303 e. The van der Waals surface area contributed by atoms with Crippen LogP contribution in [0.25, 0.3) is 4.85 Å². The van der Waals surface area contributed by atoms with Crippen LogP contribution in [0.1, 0.15) is 49.7 Å². The van der Waals surface area contributed by atoms with Crippen molar-refractivity contribution in [2.24, 2.45) is 0 Å². The Kier molecular flexibility index (Phi) is 12.0. The molecule has 3 heterocycles. The summed E-state index contributed by atoms with van der Waals surface area (Å²) in [5.41, 5.74) is 0.395. The molecule has 2 aromatic carbocycles. The number of aliphatic carboxylic acids is 1. The minimum atomic E-state index is -1.07. The average Bonchev–Trinajstić information content (AvgIpc) is 3.70. The highest BCUT2D eigenvalue weighted by Crippen LogP contribution is 2.41. The molecular weight excluding hydrogens is 642 g/mol. The molecule has 0 radical (unpaired) electrons. The van der Waals surface area contributed by atoms with Crippen molar-refractivity contribution in [2.45, 2.75) is 62.1 Å². The lowest BCUT2D eigenvalue weighted by molar-refractivity contribution is -0.137. The van der Waals surface area contributed by atoms with Gasteiger partial charge in [-0.25, -0.2) is 6.57 Å². The first-order valence-electron chi connectivity index (χ1n) is 13.8. The zero-order chi connectivity index (χ0) is 31.0. The summed E-state index contributed by atoms with van der Waals surface area (Å²) in [5, 5.41) is 13.7. The number of nitrogens with one attached hydrogen (secondary N) is 1. The summed E-state index contributed by atoms with van der Waals surface area (Å²) in [6, 6.07) is 10.6. The van der Waals surface area contributed by atoms with Crippen molar-refractivity contribution in [2.75, 3.05) is 33.0 Å². The van der Waals surface area contributed by atoms with E-state index in [1.165, 1.54) is 0 Å². The van der Waals surface area contributed by atoms with E-state index in [-0.39, 0.29) is 36.9 Å². The van der Waals surface area contributed by atoms with Gasteiger partial charge in [-0.2, -0.15) is 0 Å². The van der Waals surface area contributed by atoms with Gasteiger partial charge in [0.2, 0.25) is 5.91 Å². The van der Waals surface area contributed by atoms with Crippen LogP contribution in [0.15, 0.2) is 36.4 Å². The second kappa shape index (κ2) is 15.2. The Hall–Kier alpha value is -2.13. The Morgan fingerprint density at radius 1 is 0.953 bits per heavy atom. The largest absolute Gasteiger partial charge is 0.481 e. The maximum atomic E-state index is 11.5. The molecule has 2 N–H and O–H groups in total. The summed E-state index contributed by atoms with van der Waals surface area (Å²) in [4.78, 5) is 26.2. The minimum absolute atomic E-state index is 0.0824. The van der Waals surface area contributed by atoms with Crippen LogP contribution in [-0.2, 0) is 39.5 Å². The fourth-order valence-corrected chi connectivity index (χ4v) is 6.03. The van der Waals surface area contributed by atoms with Gasteiger partial charge in [0, 0.05) is 36.8 Å². The number of amides is 1. The predicted molar refractivity (Wildman–Crippen MR) is 163 cm³/mol. The molecule has 3 aliphatic rings. The highest BCUT2D eigenvalue weighted by molar-refractivity contribution is 6.42. The maximum absolute atomic E-state index is 11.5. The summed E-state index contributed by atoms with van der Waals surface area (Å²) >= 11 is 24.1. The highest BCUT2D eigenvalue weighted by Gasteiger charge is 2.44. The van der Waals surface area contributed by atoms with E-state index >= 15 is 0 Å². The van der Waals surface area contributed by atoms with Crippen LogP contribution in [0.2, 0.25) is 20.1 Å². The number of hydrogen-bond acceptors (Lipinski definition) is 6. The number of rotatable bonds is 9. The van der Waals surface area contributed by atoms with Crippen molar-refractivity contribution in [1.29, 1.82) is 0 Å². The molecule has 2 atom stereocenters. The summed E-state index contributed by atoms with van der Waals surface area (Å²) in [5.74, 6) is -0.875. The fourth-order valence-electron chi connectivity index (χ4n) is 5.44. The van der Waals surface area contributed by atoms with Crippen LogP contribution in [0.3, 0.4) is 0 Å². The van der Waals surface area contributed by atoms with Gasteiger partial charge < -0.3 is 34.2 Å². The predicted octanol–water partition coefficient (Wildman–Crippen LogP) is 6.64. The third-order valence-corrected chi connectivity index (χ3v) is 9.33. The van der Waals surface area contributed by atoms with Crippen LogP contribution in [0, 0.1) is 6.57 Å². The van der Waals surface area contributed by atoms with Gasteiger partial charge in [-0.3, -0.25) is 9.59 Å². The number of nitrogens with zero attached hydrogens (tertiary/aromatic N) is 1. The lowest BCUT2D eigenvalue weighted by Crippen LogP contribution is -2.48. The molecule has 9 nitrogen and oxygen atoms in total.